The highest BCUT2D eigenvalue weighted by Gasteiger charge is 2.34. The number of aryl methyl sites for hydroxylation is 2. The molecule has 0 aromatic carbocycles. The SMILES string of the molecule is Cc1nn(C)cc1CN(C)C(=O)c1cc(C(F)(F)F)[nH]n1. The van der Waals surface area contributed by atoms with Gasteiger partial charge in [-0.25, -0.2) is 0 Å². The molecular weight excluding hydrogens is 287 g/mol. The molecule has 0 unspecified atom stereocenters. The number of alkyl halides is 3. The van der Waals surface area contributed by atoms with E-state index in [1.165, 1.54) is 11.9 Å². The van der Waals surface area contributed by atoms with Gasteiger partial charge in [0.25, 0.3) is 5.91 Å². The summed E-state index contributed by atoms with van der Waals surface area (Å²) < 4.78 is 39.0. The summed E-state index contributed by atoms with van der Waals surface area (Å²) in [7, 11) is 3.25. The summed E-state index contributed by atoms with van der Waals surface area (Å²) in [6.45, 7) is 2.04. The Morgan fingerprint density at radius 3 is 2.62 bits per heavy atom. The first-order chi connectivity index (χ1) is 9.68. The Balaban J connectivity index is 2.12. The van der Waals surface area contributed by atoms with Crippen LogP contribution < -0.4 is 0 Å². The van der Waals surface area contributed by atoms with Gasteiger partial charge in [0.1, 0.15) is 5.69 Å². The van der Waals surface area contributed by atoms with E-state index in [0.717, 1.165) is 11.3 Å². The van der Waals surface area contributed by atoms with Crippen molar-refractivity contribution in [2.45, 2.75) is 19.6 Å². The fourth-order valence-corrected chi connectivity index (χ4v) is 1.90. The highest BCUT2D eigenvalue weighted by atomic mass is 19.4. The van der Waals surface area contributed by atoms with Gasteiger partial charge >= 0.3 is 6.18 Å². The second-order valence-electron chi connectivity index (χ2n) is 4.74. The Morgan fingerprint density at radius 1 is 1.48 bits per heavy atom. The highest BCUT2D eigenvalue weighted by molar-refractivity contribution is 5.92. The molecular formula is C12H14F3N5O. The lowest BCUT2D eigenvalue weighted by Gasteiger charge is -2.15. The number of aromatic amines is 1. The first-order valence-corrected chi connectivity index (χ1v) is 6.05. The van der Waals surface area contributed by atoms with Crippen LogP contribution in [0, 0.1) is 6.92 Å². The van der Waals surface area contributed by atoms with Crippen molar-refractivity contribution < 1.29 is 18.0 Å². The minimum absolute atomic E-state index is 0.243. The number of halogens is 3. The molecule has 0 bridgehead atoms. The third kappa shape index (κ3) is 3.23. The summed E-state index contributed by atoms with van der Waals surface area (Å²) in [5.74, 6) is -0.593. The molecule has 2 heterocycles. The average molecular weight is 301 g/mol. The second kappa shape index (κ2) is 5.23. The van der Waals surface area contributed by atoms with Crippen LogP contribution in [0.25, 0.3) is 0 Å². The second-order valence-corrected chi connectivity index (χ2v) is 4.74. The maximum Gasteiger partial charge on any atom is 0.432 e. The van der Waals surface area contributed by atoms with Gasteiger partial charge in [0.2, 0.25) is 0 Å². The number of aromatic nitrogens is 4. The zero-order valence-corrected chi connectivity index (χ0v) is 11.7. The van der Waals surface area contributed by atoms with Crippen LogP contribution in [0.15, 0.2) is 12.3 Å². The summed E-state index contributed by atoms with van der Waals surface area (Å²) in [5.41, 5.74) is 0.262. The molecule has 0 fully saturated rings. The maximum absolute atomic E-state index is 12.5. The topological polar surface area (TPSA) is 66.8 Å². The summed E-state index contributed by atoms with van der Waals surface area (Å²) >= 11 is 0. The number of nitrogens with zero attached hydrogens (tertiary/aromatic N) is 4. The smallest absolute Gasteiger partial charge is 0.336 e. The summed E-state index contributed by atoms with van der Waals surface area (Å²) in [4.78, 5) is 13.3. The zero-order chi connectivity index (χ0) is 15.8. The van der Waals surface area contributed by atoms with Crippen molar-refractivity contribution >= 4 is 5.91 Å². The largest absolute Gasteiger partial charge is 0.432 e. The number of carbonyl (C=O) groups excluding carboxylic acids is 1. The molecule has 9 heteroatoms. The Morgan fingerprint density at radius 2 is 2.14 bits per heavy atom. The average Bonchev–Trinajstić information content (AvgIpc) is 2.95. The molecule has 0 atom stereocenters. The quantitative estimate of drug-likeness (QED) is 0.939. The lowest BCUT2D eigenvalue weighted by molar-refractivity contribution is -0.141. The van der Waals surface area contributed by atoms with Gasteiger partial charge in [-0.05, 0) is 6.92 Å². The van der Waals surface area contributed by atoms with Crippen molar-refractivity contribution in [1.82, 2.24) is 24.9 Å². The first-order valence-electron chi connectivity index (χ1n) is 6.05. The third-order valence-electron chi connectivity index (χ3n) is 2.97. The molecule has 0 radical (unpaired) electrons. The van der Waals surface area contributed by atoms with Gasteiger partial charge in [0, 0.05) is 38.5 Å². The predicted octanol–water partition coefficient (Wildman–Crippen LogP) is 1.74. The Labute approximate surface area is 118 Å². The summed E-state index contributed by atoms with van der Waals surface area (Å²) in [5, 5.41) is 9.38. The molecule has 2 aromatic rings. The van der Waals surface area contributed by atoms with Gasteiger partial charge < -0.3 is 4.90 Å². The molecule has 1 amide bonds. The van der Waals surface area contributed by atoms with Crippen LogP contribution in [0.5, 0.6) is 0 Å². The van der Waals surface area contributed by atoms with Crippen LogP contribution in [0.2, 0.25) is 0 Å². The summed E-state index contributed by atoms with van der Waals surface area (Å²) in [6, 6.07) is 0.703. The molecule has 0 spiro atoms. The van der Waals surface area contributed by atoms with Crippen LogP contribution >= 0.6 is 0 Å². The fourth-order valence-electron chi connectivity index (χ4n) is 1.90. The van der Waals surface area contributed by atoms with Crippen molar-refractivity contribution in [3.05, 3.63) is 34.9 Å². The van der Waals surface area contributed by atoms with Crippen molar-refractivity contribution in [3.8, 4) is 0 Å². The van der Waals surface area contributed by atoms with Crippen LogP contribution in [0.3, 0.4) is 0 Å². The molecule has 1 N–H and O–H groups in total. The summed E-state index contributed by atoms with van der Waals surface area (Å²) in [6.07, 6.45) is -2.80. The Hall–Kier alpha value is -2.32. The molecule has 2 rings (SSSR count). The first kappa shape index (κ1) is 15.1. The fraction of sp³-hybridized carbons (Fsp3) is 0.417. The van der Waals surface area contributed by atoms with Crippen LogP contribution in [-0.4, -0.2) is 37.8 Å². The number of rotatable bonds is 3. The molecule has 2 aromatic heterocycles. The lowest BCUT2D eigenvalue weighted by atomic mass is 10.2. The predicted molar refractivity (Wildman–Crippen MR) is 67.3 cm³/mol. The number of carbonyl (C=O) groups is 1. The molecule has 0 aliphatic carbocycles. The van der Waals surface area contributed by atoms with Crippen LogP contribution in [0.4, 0.5) is 13.2 Å². The van der Waals surface area contributed by atoms with Crippen molar-refractivity contribution in [3.63, 3.8) is 0 Å². The van der Waals surface area contributed by atoms with E-state index < -0.39 is 17.8 Å². The standard InChI is InChI=1S/C12H14F3N5O/c1-7-8(6-20(3)18-7)5-19(2)11(21)9-4-10(17-16-9)12(13,14)15/h4,6H,5H2,1-3H3,(H,16,17). The van der Waals surface area contributed by atoms with E-state index in [9.17, 15) is 18.0 Å². The highest BCUT2D eigenvalue weighted by Crippen LogP contribution is 2.27. The van der Waals surface area contributed by atoms with Crippen LogP contribution in [0.1, 0.15) is 27.4 Å². The molecule has 0 aliphatic heterocycles. The van der Waals surface area contributed by atoms with Crippen molar-refractivity contribution in [2.75, 3.05) is 7.05 Å². The van der Waals surface area contributed by atoms with Gasteiger partial charge in [-0.15, -0.1) is 0 Å². The van der Waals surface area contributed by atoms with Gasteiger partial charge in [-0.1, -0.05) is 0 Å². The number of hydrogen-bond acceptors (Lipinski definition) is 3. The van der Waals surface area contributed by atoms with E-state index in [1.807, 2.05) is 5.10 Å². The van der Waals surface area contributed by atoms with Gasteiger partial charge in [-0.2, -0.15) is 23.4 Å². The number of nitrogens with one attached hydrogen (secondary N) is 1. The lowest BCUT2D eigenvalue weighted by Crippen LogP contribution is -2.26. The Kier molecular flexibility index (Phi) is 3.75. The van der Waals surface area contributed by atoms with E-state index in [0.29, 0.717) is 6.07 Å². The van der Waals surface area contributed by atoms with E-state index in [2.05, 4.69) is 10.2 Å². The van der Waals surface area contributed by atoms with E-state index in [1.54, 1.807) is 24.9 Å². The zero-order valence-electron chi connectivity index (χ0n) is 11.7. The van der Waals surface area contributed by atoms with Gasteiger partial charge in [0.15, 0.2) is 5.69 Å². The normalized spacial score (nSPS) is 11.7. The van der Waals surface area contributed by atoms with Gasteiger partial charge in [0.05, 0.1) is 5.69 Å². The molecule has 6 nitrogen and oxygen atoms in total. The van der Waals surface area contributed by atoms with E-state index in [-0.39, 0.29) is 12.2 Å². The molecule has 114 valence electrons. The van der Waals surface area contributed by atoms with Crippen LogP contribution in [-0.2, 0) is 19.8 Å². The minimum atomic E-state index is -4.55. The molecule has 0 saturated heterocycles. The van der Waals surface area contributed by atoms with Crippen molar-refractivity contribution in [1.29, 1.82) is 0 Å². The minimum Gasteiger partial charge on any atom is -0.336 e. The maximum atomic E-state index is 12.5. The molecule has 0 aliphatic rings. The van der Waals surface area contributed by atoms with Gasteiger partial charge in [-0.3, -0.25) is 14.6 Å². The third-order valence-corrected chi connectivity index (χ3v) is 2.97. The number of H-pyrrole nitrogens is 1. The van der Waals surface area contributed by atoms with Crippen molar-refractivity contribution in [2.24, 2.45) is 7.05 Å². The van der Waals surface area contributed by atoms with E-state index in [4.69, 9.17) is 0 Å². The van der Waals surface area contributed by atoms with E-state index >= 15 is 0 Å². The molecule has 21 heavy (non-hydrogen) atoms. The number of amides is 1. The molecule has 0 saturated carbocycles. The number of hydrogen-bond donors (Lipinski definition) is 1. The Bertz CT molecular complexity index is 658. The monoisotopic (exact) mass is 301 g/mol.